The van der Waals surface area contributed by atoms with Gasteiger partial charge in [0.2, 0.25) is 0 Å². The van der Waals surface area contributed by atoms with Crippen LogP contribution in [-0.2, 0) is 6.54 Å². The molecule has 88 valence electrons. The molecular weight excluding hydrogens is 202 g/mol. The third-order valence-electron chi connectivity index (χ3n) is 2.64. The monoisotopic (exact) mass is 221 g/mol. The van der Waals surface area contributed by atoms with Gasteiger partial charge in [0.15, 0.2) is 5.82 Å². The van der Waals surface area contributed by atoms with Crippen molar-refractivity contribution in [3.63, 3.8) is 0 Å². The Kier molecular flexibility index (Phi) is 4.18. The zero-order valence-corrected chi connectivity index (χ0v) is 10.2. The largest absolute Gasteiger partial charge is 0.383 e. The number of unbranched alkanes of at least 4 members (excludes halogenated alkanes) is 1. The Morgan fingerprint density at radius 3 is 2.69 bits per heavy atom. The summed E-state index contributed by atoms with van der Waals surface area (Å²) in [4.78, 5) is 1.93. The average Bonchev–Trinajstić information content (AvgIpc) is 2.62. The van der Waals surface area contributed by atoms with Gasteiger partial charge in [-0.1, -0.05) is 13.3 Å². The summed E-state index contributed by atoms with van der Waals surface area (Å²) in [7, 11) is 1.91. The SMILES string of the molecule is CCCCn1nc(N(C)CC)c(C#N)c1N. The molecule has 1 heterocycles. The summed E-state index contributed by atoms with van der Waals surface area (Å²) in [6.45, 7) is 5.71. The van der Waals surface area contributed by atoms with E-state index in [1.807, 2.05) is 18.9 Å². The molecule has 0 amide bonds. The number of nitrogens with zero attached hydrogens (tertiary/aromatic N) is 4. The minimum absolute atomic E-state index is 0.478. The van der Waals surface area contributed by atoms with Crippen molar-refractivity contribution in [2.75, 3.05) is 24.2 Å². The van der Waals surface area contributed by atoms with E-state index in [1.54, 1.807) is 4.68 Å². The number of rotatable bonds is 5. The van der Waals surface area contributed by atoms with E-state index < -0.39 is 0 Å². The van der Waals surface area contributed by atoms with Gasteiger partial charge in [-0.2, -0.15) is 10.4 Å². The molecule has 0 fully saturated rings. The second-order valence-corrected chi connectivity index (χ2v) is 3.79. The molecule has 5 nitrogen and oxygen atoms in total. The van der Waals surface area contributed by atoms with Gasteiger partial charge in [-0.05, 0) is 13.3 Å². The van der Waals surface area contributed by atoms with Gasteiger partial charge in [-0.3, -0.25) is 0 Å². The number of anilines is 2. The van der Waals surface area contributed by atoms with Crippen LogP contribution in [0.3, 0.4) is 0 Å². The van der Waals surface area contributed by atoms with Gasteiger partial charge in [-0.25, -0.2) is 4.68 Å². The van der Waals surface area contributed by atoms with Crippen molar-refractivity contribution in [1.29, 1.82) is 5.26 Å². The lowest BCUT2D eigenvalue weighted by atomic mass is 10.3. The number of nitriles is 1. The van der Waals surface area contributed by atoms with E-state index in [1.165, 1.54) is 0 Å². The van der Waals surface area contributed by atoms with E-state index in [2.05, 4.69) is 18.1 Å². The van der Waals surface area contributed by atoms with Crippen molar-refractivity contribution in [3.8, 4) is 6.07 Å². The Labute approximate surface area is 96.5 Å². The molecule has 0 bridgehead atoms. The summed E-state index contributed by atoms with van der Waals surface area (Å²) in [5.74, 6) is 1.16. The molecule has 0 saturated carbocycles. The lowest BCUT2D eigenvalue weighted by molar-refractivity contribution is 0.578. The molecule has 1 aromatic rings. The summed E-state index contributed by atoms with van der Waals surface area (Å²) < 4.78 is 1.73. The van der Waals surface area contributed by atoms with Gasteiger partial charge in [0.25, 0.3) is 0 Å². The van der Waals surface area contributed by atoms with E-state index >= 15 is 0 Å². The Balaban J connectivity index is 3.06. The highest BCUT2D eigenvalue weighted by molar-refractivity contribution is 5.64. The molecule has 0 saturated heterocycles. The van der Waals surface area contributed by atoms with Gasteiger partial charge in [0, 0.05) is 20.1 Å². The van der Waals surface area contributed by atoms with Crippen LogP contribution in [0.15, 0.2) is 0 Å². The van der Waals surface area contributed by atoms with Crippen molar-refractivity contribution >= 4 is 11.6 Å². The summed E-state index contributed by atoms with van der Waals surface area (Å²) >= 11 is 0. The molecule has 0 aromatic carbocycles. The fourth-order valence-corrected chi connectivity index (χ4v) is 1.46. The number of nitrogens with two attached hydrogens (primary N) is 1. The van der Waals surface area contributed by atoms with Gasteiger partial charge in [0.1, 0.15) is 17.5 Å². The van der Waals surface area contributed by atoms with Gasteiger partial charge in [-0.15, -0.1) is 0 Å². The van der Waals surface area contributed by atoms with Crippen LogP contribution < -0.4 is 10.6 Å². The average molecular weight is 221 g/mol. The fraction of sp³-hybridized carbons (Fsp3) is 0.636. The Morgan fingerprint density at radius 2 is 2.19 bits per heavy atom. The maximum Gasteiger partial charge on any atom is 0.170 e. The van der Waals surface area contributed by atoms with E-state index in [9.17, 15) is 0 Å². The molecule has 16 heavy (non-hydrogen) atoms. The molecule has 0 aliphatic carbocycles. The van der Waals surface area contributed by atoms with Crippen LogP contribution in [0.4, 0.5) is 11.6 Å². The molecule has 0 aliphatic rings. The smallest absolute Gasteiger partial charge is 0.170 e. The lowest BCUT2D eigenvalue weighted by Gasteiger charge is -2.12. The first-order valence-electron chi connectivity index (χ1n) is 5.63. The summed E-state index contributed by atoms with van der Waals surface area (Å²) in [6, 6.07) is 2.13. The Bertz CT molecular complexity index is 388. The van der Waals surface area contributed by atoms with Crippen LogP contribution in [0.1, 0.15) is 32.3 Å². The van der Waals surface area contributed by atoms with Crippen LogP contribution in [0.2, 0.25) is 0 Å². The zero-order valence-electron chi connectivity index (χ0n) is 10.2. The molecule has 0 radical (unpaired) electrons. The van der Waals surface area contributed by atoms with Gasteiger partial charge >= 0.3 is 0 Å². The third kappa shape index (κ3) is 2.27. The van der Waals surface area contributed by atoms with Gasteiger partial charge in [0.05, 0.1) is 0 Å². The predicted octanol–water partition coefficient (Wildman–Crippen LogP) is 1.59. The van der Waals surface area contributed by atoms with E-state index in [-0.39, 0.29) is 0 Å². The van der Waals surface area contributed by atoms with Crippen molar-refractivity contribution in [2.24, 2.45) is 0 Å². The lowest BCUT2D eigenvalue weighted by Crippen LogP contribution is -2.17. The first-order chi connectivity index (χ1) is 7.65. The normalized spacial score (nSPS) is 10.1. The predicted molar refractivity (Wildman–Crippen MR) is 65.2 cm³/mol. The molecule has 1 aromatic heterocycles. The zero-order chi connectivity index (χ0) is 12.1. The van der Waals surface area contributed by atoms with Crippen LogP contribution in [0.5, 0.6) is 0 Å². The second-order valence-electron chi connectivity index (χ2n) is 3.79. The maximum absolute atomic E-state index is 9.07. The van der Waals surface area contributed by atoms with Crippen molar-refractivity contribution < 1.29 is 0 Å². The molecular formula is C11H19N5. The van der Waals surface area contributed by atoms with E-state index in [4.69, 9.17) is 11.0 Å². The van der Waals surface area contributed by atoms with Crippen LogP contribution in [-0.4, -0.2) is 23.4 Å². The topological polar surface area (TPSA) is 70.9 Å². The van der Waals surface area contributed by atoms with Gasteiger partial charge < -0.3 is 10.6 Å². The van der Waals surface area contributed by atoms with Crippen molar-refractivity contribution in [1.82, 2.24) is 9.78 Å². The summed E-state index contributed by atoms with van der Waals surface area (Å²) in [5, 5.41) is 13.5. The number of hydrogen-bond acceptors (Lipinski definition) is 4. The molecule has 0 spiro atoms. The first kappa shape index (κ1) is 12.4. The standard InChI is InChI=1S/C11H19N5/c1-4-6-7-16-10(13)9(8-12)11(14-16)15(3)5-2/h4-7,13H2,1-3H3. The second kappa shape index (κ2) is 5.40. The van der Waals surface area contributed by atoms with Crippen LogP contribution in [0.25, 0.3) is 0 Å². The Hall–Kier alpha value is -1.70. The molecule has 1 rings (SSSR count). The molecule has 0 aliphatic heterocycles. The highest BCUT2D eigenvalue weighted by atomic mass is 15.4. The summed E-state index contributed by atoms with van der Waals surface area (Å²) in [5.41, 5.74) is 6.39. The Morgan fingerprint density at radius 1 is 1.50 bits per heavy atom. The molecule has 0 atom stereocenters. The van der Waals surface area contributed by atoms with Crippen LogP contribution in [0, 0.1) is 11.3 Å². The van der Waals surface area contributed by atoms with Crippen molar-refractivity contribution in [2.45, 2.75) is 33.2 Å². The minimum atomic E-state index is 0.478. The van der Waals surface area contributed by atoms with Crippen LogP contribution >= 0.6 is 0 Å². The van der Waals surface area contributed by atoms with E-state index in [0.29, 0.717) is 17.2 Å². The molecule has 2 N–H and O–H groups in total. The summed E-state index contributed by atoms with van der Waals surface area (Å²) in [6.07, 6.45) is 2.10. The quantitative estimate of drug-likeness (QED) is 0.819. The van der Waals surface area contributed by atoms with E-state index in [0.717, 1.165) is 25.9 Å². The fourth-order valence-electron chi connectivity index (χ4n) is 1.46. The molecule has 0 unspecified atom stereocenters. The highest BCUT2D eigenvalue weighted by Gasteiger charge is 2.17. The first-order valence-corrected chi connectivity index (χ1v) is 5.63. The number of hydrogen-bond donors (Lipinski definition) is 1. The highest BCUT2D eigenvalue weighted by Crippen LogP contribution is 2.23. The maximum atomic E-state index is 9.07. The number of nitrogen functional groups attached to an aromatic ring is 1. The van der Waals surface area contributed by atoms with Crippen molar-refractivity contribution in [3.05, 3.63) is 5.56 Å². The third-order valence-corrected chi connectivity index (χ3v) is 2.64. The number of aryl methyl sites for hydroxylation is 1. The molecule has 5 heteroatoms. The number of aromatic nitrogens is 2. The minimum Gasteiger partial charge on any atom is -0.383 e.